The van der Waals surface area contributed by atoms with Crippen LogP contribution in [0.2, 0.25) is 5.28 Å². The molecule has 2 aliphatic rings. The fourth-order valence-corrected chi connectivity index (χ4v) is 4.83. The topological polar surface area (TPSA) is 47.0 Å². The Labute approximate surface area is 160 Å². The molecule has 2 aromatic rings. The molecule has 0 aromatic carbocycles. The molecule has 1 saturated carbocycles. The molecule has 0 aliphatic heterocycles. The Hall–Kier alpha value is -0.910. The zero-order chi connectivity index (χ0) is 18.2. The average molecular weight is 384 g/mol. The SMILES string of the molecule is CC.CNC.Clc1nc(OC2CCCCC2)c2c3c(sc2n1)CCC3. The van der Waals surface area contributed by atoms with Gasteiger partial charge in [-0.15, -0.1) is 11.3 Å². The number of aryl methyl sites for hydroxylation is 2. The average Bonchev–Trinajstić information content (AvgIpc) is 3.18. The van der Waals surface area contributed by atoms with Crippen molar-refractivity contribution in [2.24, 2.45) is 0 Å². The molecule has 140 valence electrons. The number of thiophene rings is 1. The molecular formula is C19H30ClN3OS. The third kappa shape index (κ3) is 5.05. The maximum Gasteiger partial charge on any atom is 0.227 e. The summed E-state index contributed by atoms with van der Waals surface area (Å²) >= 11 is 7.83. The van der Waals surface area contributed by atoms with Crippen LogP contribution in [0.5, 0.6) is 5.88 Å². The molecule has 0 bridgehead atoms. The smallest absolute Gasteiger partial charge is 0.227 e. The van der Waals surface area contributed by atoms with E-state index in [1.165, 1.54) is 36.1 Å². The van der Waals surface area contributed by atoms with Gasteiger partial charge in [-0.2, -0.15) is 4.98 Å². The summed E-state index contributed by atoms with van der Waals surface area (Å²) in [6.45, 7) is 4.00. The van der Waals surface area contributed by atoms with Crippen molar-refractivity contribution in [2.45, 2.75) is 71.3 Å². The van der Waals surface area contributed by atoms with Crippen LogP contribution in [-0.2, 0) is 12.8 Å². The number of rotatable bonds is 2. The third-order valence-corrected chi connectivity index (χ3v) is 5.69. The van der Waals surface area contributed by atoms with Crippen LogP contribution >= 0.6 is 22.9 Å². The summed E-state index contributed by atoms with van der Waals surface area (Å²) in [5.74, 6) is 0.728. The van der Waals surface area contributed by atoms with Crippen LogP contribution < -0.4 is 10.1 Å². The minimum atomic E-state index is 0.301. The predicted molar refractivity (Wildman–Crippen MR) is 108 cm³/mol. The van der Waals surface area contributed by atoms with Crippen molar-refractivity contribution in [2.75, 3.05) is 14.1 Å². The van der Waals surface area contributed by atoms with Crippen molar-refractivity contribution in [1.29, 1.82) is 0 Å². The number of fused-ring (bicyclic) bond motifs is 3. The summed E-state index contributed by atoms with van der Waals surface area (Å²) < 4.78 is 6.20. The Morgan fingerprint density at radius 2 is 1.72 bits per heavy atom. The fraction of sp³-hybridized carbons (Fsp3) is 0.684. The maximum atomic E-state index is 6.20. The lowest BCUT2D eigenvalue weighted by Crippen LogP contribution is -2.20. The Balaban J connectivity index is 0.000000410. The van der Waals surface area contributed by atoms with Crippen molar-refractivity contribution in [1.82, 2.24) is 15.3 Å². The van der Waals surface area contributed by atoms with Gasteiger partial charge in [0, 0.05) is 4.88 Å². The number of hydrogen-bond donors (Lipinski definition) is 1. The van der Waals surface area contributed by atoms with E-state index in [4.69, 9.17) is 16.3 Å². The van der Waals surface area contributed by atoms with E-state index in [1.807, 2.05) is 27.9 Å². The third-order valence-electron chi connectivity index (χ3n) is 4.33. The largest absolute Gasteiger partial charge is 0.474 e. The Morgan fingerprint density at radius 3 is 2.40 bits per heavy atom. The molecule has 1 N–H and O–H groups in total. The van der Waals surface area contributed by atoms with Gasteiger partial charge in [-0.3, -0.25) is 0 Å². The van der Waals surface area contributed by atoms with Gasteiger partial charge in [0.25, 0.3) is 0 Å². The molecule has 0 saturated heterocycles. The summed E-state index contributed by atoms with van der Waals surface area (Å²) in [4.78, 5) is 11.2. The van der Waals surface area contributed by atoms with Crippen LogP contribution in [0.4, 0.5) is 0 Å². The quantitative estimate of drug-likeness (QED) is 0.704. The molecule has 0 unspecified atom stereocenters. The van der Waals surface area contributed by atoms with E-state index >= 15 is 0 Å². The van der Waals surface area contributed by atoms with Gasteiger partial charge in [-0.1, -0.05) is 20.3 Å². The van der Waals surface area contributed by atoms with Crippen LogP contribution in [0.15, 0.2) is 0 Å². The van der Waals surface area contributed by atoms with Crippen molar-refractivity contribution < 1.29 is 4.74 Å². The van der Waals surface area contributed by atoms with Gasteiger partial charge >= 0.3 is 0 Å². The molecule has 1 fully saturated rings. The Morgan fingerprint density at radius 1 is 1.04 bits per heavy atom. The zero-order valence-electron chi connectivity index (χ0n) is 15.8. The van der Waals surface area contributed by atoms with E-state index in [9.17, 15) is 0 Å². The number of halogens is 1. The molecule has 6 heteroatoms. The molecule has 0 radical (unpaired) electrons. The van der Waals surface area contributed by atoms with Gasteiger partial charge in [-0.05, 0) is 76.2 Å². The Bertz CT molecular complexity index is 668. The zero-order valence-corrected chi connectivity index (χ0v) is 17.4. The second-order valence-corrected chi connectivity index (χ2v) is 7.63. The van der Waals surface area contributed by atoms with Crippen LogP contribution in [0.3, 0.4) is 0 Å². The van der Waals surface area contributed by atoms with Crippen molar-refractivity contribution in [3.8, 4) is 5.88 Å². The maximum absolute atomic E-state index is 6.20. The first kappa shape index (κ1) is 20.4. The highest BCUT2D eigenvalue weighted by Gasteiger charge is 2.25. The van der Waals surface area contributed by atoms with E-state index in [2.05, 4.69) is 15.3 Å². The number of hydrogen-bond acceptors (Lipinski definition) is 5. The number of nitrogens with zero attached hydrogens (tertiary/aromatic N) is 2. The molecule has 2 aliphatic carbocycles. The number of aromatic nitrogens is 2. The first-order valence-corrected chi connectivity index (χ1v) is 10.6. The highest BCUT2D eigenvalue weighted by Crippen LogP contribution is 2.41. The van der Waals surface area contributed by atoms with Crippen LogP contribution in [0.1, 0.15) is 62.8 Å². The first-order chi connectivity index (χ1) is 12.2. The molecule has 25 heavy (non-hydrogen) atoms. The van der Waals surface area contributed by atoms with E-state index in [0.29, 0.717) is 11.4 Å². The van der Waals surface area contributed by atoms with E-state index in [-0.39, 0.29) is 0 Å². The predicted octanol–water partition coefficient (Wildman–Crippen LogP) is 5.41. The molecule has 4 nitrogen and oxygen atoms in total. The standard InChI is InChI=1S/C15H17ClN2OS.C2H7N.C2H6/c16-15-17-13(19-9-5-2-1-3-6-9)12-10-7-4-8-11(10)20-14(12)18-15;1-3-2;1-2/h9H,1-8H2;3H,1-2H3;1-2H3. The summed E-state index contributed by atoms with van der Waals surface area (Å²) in [6, 6.07) is 0. The van der Waals surface area contributed by atoms with E-state index in [0.717, 1.165) is 41.8 Å². The van der Waals surface area contributed by atoms with Gasteiger partial charge in [0.15, 0.2) is 0 Å². The van der Waals surface area contributed by atoms with Crippen LogP contribution in [0, 0.1) is 0 Å². The molecule has 2 aromatic heterocycles. The van der Waals surface area contributed by atoms with Gasteiger partial charge < -0.3 is 10.1 Å². The van der Waals surface area contributed by atoms with Gasteiger partial charge in [0.1, 0.15) is 10.9 Å². The number of nitrogens with one attached hydrogen (secondary N) is 1. The van der Waals surface area contributed by atoms with Crippen molar-refractivity contribution >= 4 is 33.2 Å². The summed E-state index contributed by atoms with van der Waals surface area (Å²) in [5.41, 5.74) is 1.41. The monoisotopic (exact) mass is 383 g/mol. The molecule has 4 rings (SSSR count). The van der Waals surface area contributed by atoms with Crippen LogP contribution in [0.25, 0.3) is 10.2 Å². The summed E-state index contributed by atoms with van der Waals surface area (Å²) in [6.07, 6.45) is 9.94. The first-order valence-electron chi connectivity index (χ1n) is 9.46. The molecular weight excluding hydrogens is 354 g/mol. The summed E-state index contributed by atoms with van der Waals surface area (Å²) in [7, 11) is 3.75. The lowest BCUT2D eigenvalue weighted by Gasteiger charge is -2.22. The summed E-state index contributed by atoms with van der Waals surface area (Å²) in [5, 5.41) is 4.20. The van der Waals surface area contributed by atoms with Gasteiger partial charge in [0.05, 0.1) is 5.39 Å². The van der Waals surface area contributed by atoms with E-state index in [1.54, 1.807) is 11.3 Å². The number of ether oxygens (including phenoxy) is 1. The van der Waals surface area contributed by atoms with E-state index < -0.39 is 0 Å². The normalized spacial score (nSPS) is 16.5. The van der Waals surface area contributed by atoms with Gasteiger partial charge in [-0.25, -0.2) is 4.98 Å². The second kappa shape index (κ2) is 10.3. The fourth-order valence-electron chi connectivity index (χ4n) is 3.36. The minimum absolute atomic E-state index is 0.301. The lowest BCUT2D eigenvalue weighted by atomic mass is 9.98. The highest BCUT2D eigenvalue weighted by atomic mass is 35.5. The van der Waals surface area contributed by atoms with Gasteiger partial charge in [0.2, 0.25) is 11.2 Å². The van der Waals surface area contributed by atoms with Crippen LogP contribution in [-0.4, -0.2) is 30.2 Å². The minimum Gasteiger partial charge on any atom is -0.474 e. The second-order valence-electron chi connectivity index (χ2n) is 6.21. The molecule has 0 spiro atoms. The Kier molecular flexibility index (Phi) is 8.40. The van der Waals surface area contributed by atoms with Crippen molar-refractivity contribution in [3.05, 3.63) is 15.7 Å². The highest BCUT2D eigenvalue weighted by molar-refractivity contribution is 7.19. The molecule has 0 amide bonds. The lowest BCUT2D eigenvalue weighted by molar-refractivity contribution is 0.151. The molecule has 2 heterocycles. The molecule has 0 atom stereocenters. The van der Waals surface area contributed by atoms with Crippen molar-refractivity contribution in [3.63, 3.8) is 0 Å².